The van der Waals surface area contributed by atoms with E-state index in [1.54, 1.807) is 6.92 Å². The molecular formula is C11H13F2NO2. The third-order valence-electron chi connectivity index (χ3n) is 2.43. The van der Waals surface area contributed by atoms with Gasteiger partial charge in [0.2, 0.25) is 0 Å². The number of benzene rings is 1. The summed E-state index contributed by atoms with van der Waals surface area (Å²) >= 11 is 0. The van der Waals surface area contributed by atoms with Gasteiger partial charge in [0.25, 0.3) is 0 Å². The number of rotatable bonds is 4. The van der Waals surface area contributed by atoms with Gasteiger partial charge < -0.3 is 5.11 Å². The van der Waals surface area contributed by atoms with E-state index in [1.807, 2.05) is 0 Å². The van der Waals surface area contributed by atoms with Gasteiger partial charge in [0.05, 0.1) is 0 Å². The topological polar surface area (TPSA) is 49.3 Å². The van der Waals surface area contributed by atoms with Crippen LogP contribution in [-0.2, 0) is 10.3 Å². The fourth-order valence-corrected chi connectivity index (χ4v) is 1.53. The summed E-state index contributed by atoms with van der Waals surface area (Å²) in [5.41, 5.74) is -1.63. The highest BCUT2D eigenvalue weighted by Gasteiger charge is 2.36. The standard InChI is InChI=1S/C11H13F2NO2/c1-3-14-11(2,10(15)16)8-5-4-7(12)6-9(8)13/h4-6,14H,3H2,1-2H3,(H,15,16). The minimum atomic E-state index is -1.55. The van der Waals surface area contributed by atoms with Gasteiger partial charge in [-0.05, 0) is 19.5 Å². The lowest BCUT2D eigenvalue weighted by Crippen LogP contribution is -2.47. The van der Waals surface area contributed by atoms with Gasteiger partial charge in [0.1, 0.15) is 17.2 Å². The molecule has 3 nitrogen and oxygen atoms in total. The van der Waals surface area contributed by atoms with Crippen LogP contribution in [0.5, 0.6) is 0 Å². The lowest BCUT2D eigenvalue weighted by molar-refractivity contribution is -0.144. The molecule has 0 bridgehead atoms. The number of carbonyl (C=O) groups is 1. The van der Waals surface area contributed by atoms with Crippen molar-refractivity contribution in [3.05, 3.63) is 35.4 Å². The maximum atomic E-state index is 13.5. The summed E-state index contributed by atoms with van der Waals surface area (Å²) < 4.78 is 26.2. The van der Waals surface area contributed by atoms with Crippen molar-refractivity contribution in [1.82, 2.24) is 5.32 Å². The molecule has 1 atom stereocenters. The van der Waals surface area contributed by atoms with Crippen LogP contribution in [0, 0.1) is 11.6 Å². The van der Waals surface area contributed by atoms with Crippen molar-refractivity contribution in [2.45, 2.75) is 19.4 Å². The van der Waals surface area contributed by atoms with Crippen molar-refractivity contribution in [1.29, 1.82) is 0 Å². The zero-order valence-corrected chi connectivity index (χ0v) is 9.05. The number of carboxylic acids is 1. The number of carboxylic acid groups (broad SMARTS) is 1. The molecule has 88 valence electrons. The summed E-state index contributed by atoms with van der Waals surface area (Å²) in [6.07, 6.45) is 0. The second kappa shape index (κ2) is 4.57. The zero-order valence-electron chi connectivity index (χ0n) is 9.05. The quantitative estimate of drug-likeness (QED) is 0.828. The van der Waals surface area contributed by atoms with Gasteiger partial charge in [-0.15, -0.1) is 0 Å². The van der Waals surface area contributed by atoms with E-state index in [-0.39, 0.29) is 5.56 Å². The van der Waals surface area contributed by atoms with Crippen LogP contribution < -0.4 is 5.32 Å². The van der Waals surface area contributed by atoms with Crippen LogP contribution in [0.1, 0.15) is 19.4 Å². The first-order chi connectivity index (χ1) is 7.41. The monoisotopic (exact) mass is 229 g/mol. The Kier molecular flexibility index (Phi) is 3.59. The minimum Gasteiger partial charge on any atom is -0.480 e. The van der Waals surface area contributed by atoms with Crippen LogP contribution in [0.15, 0.2) is 18.2 Å². The second-order valence-electron chi connectivity index (χ2n) is 3.58. The summed E-state index contributed by atoms with van der Waals surface area (Å²) in [6, 6.07) is 2.85. The molecule has 1 aromatic rings. The highest BCUT2D eigenvalue weighted by molar-refractivity contribution is 5.80. The molecule has 0 aliphatic carbocycles. The molecule has 0 fully saturated rings. The zero-order chi connectivity index (χ0) is 12.3. The molecule has 5 heteroatoms. The summed E-state index contributed by atoms with van der Waals surface area (Å²) in [4.78, 5) is 11.1. The Hall–Kier alpha value is -1.49. The van der Waals surface area contributed by atoms with Gasteiger partial charge in [0, 0.05) is 11.6 Å². The fraction of sp³-hybridized carbons (Fsp3) is 0.364. The maximum absolute atomic E-state index is 13.5. The Balaban J connectivity index is 3.26. The lowest BCUT2D eigenvalue weighted by Gasteiger charge is -2.26. The summed E-state index contributed by atoms with van der Waals surface area (Å²) in [7, 11) is 0. The first-order valence-corrected chi connectivity index (χ1v) is 4.85. The van der Waals surface area contributed by atoms with E-state index in [2.05, 4.69) is 5.32 Å². The van der Waals surface area contributed by atoms with Crippen molar-refractivity contribution in [3.63, 3.8) is 0 Å². The molecule has 0 saturated carbocycles. The van der Waals surface area contributed by atoms with Gasteiger partial charge in [-0.1, -0.05) is 13.0 Å². The van der Waals surface area contributed by atoms with Crippen LogP contribution in [-0.4, -0.2) is 17.6 Å². The van der Waals surface area contributed by atoms with Crippen LogP contribution >= 0.6 is 0 Å². The van der Waals surface area contributed by atoms with Crippen molar-refractivity contribution in [2.24, 2.45) is 0 Å². The molecule has 0 amide bonds. The molecule has 1 aromatic carbocycles. The smallest absolute Gasteiger partial charge is 0.328 e. The molecule has 1 rings (SSSR count). The maximum Gasteiger partial charge on any atom is 0.328 e. The van der Waals surface area contributed by atoms with Crippen LogP contribution in [0.3, 0.4) is 0 Å². The Morgan fingerprint density at radius 3 is 2.56 bits per heavy atom. The van der Waals surface area contributed by atoms with Gasteiger partial charge in [0.15, 0.2) is 0 Å². The van der Waals surface area contributed by atoms with Crippen LogP contribution in [0.4, 0.5) is 8.78 Å². The molecule has 1 unspecified atom stereocenters. The normalized spacial score (nSPS) is 14.5. The third-order valence-corrected chi connectivity index (χ3v) is 2.43. The van der Waals surface area contributed by atoms with Gasteiger partial charge in [-0.3, -0.25) is 5.32 Å². The van der Waals surface area contributed by atoms with E-state index in [4.69, 9.17) is 5.11 Å². The summed E-state index contributed by atoms with van der Waals surface area (Å²) in [5, 5.41) is 11.8. The van der Waals surface area contributed by atoms with Gasteiger partial charge >= 0.3 is 5.97 Å². The van der Waals surface area contributed by atoms with Crippen molar-refractivity contribution >= 4 is 5.97 Å². The number of halogens is 2. The van der Waals surface area contributed by atoms with Crippen LogP contribution in [0.2, 0.25) is 0 Å². The highest BCUT2D eigenvalue weighted by Crippen LogP contribution is 2.24. The molecular weight excluding hydrogens is 216 g/mol. The predicted molar refractivity (Wildman–Crippen MR) is 55.0 cm³/mol. The Morgan fingerprint density at radius 2 is 2.12 bits per heavy atom. The van der Waals surface area contributed by atoms with E-state index in [0.29, 0.717) is 12.6 Å². The first-order valence-electron chi connectivity index (χ1n) is 4.85. The van der Waals surface area contributed by atoms with Gasteiger partial charge in [-0.25, -0.2) is 13.6 Å². The number of nitrogens with one attached hydrogen (secondary N) is 1. The number of hydrogen-bond donors (Lipinski definition) is 2. The van der Waals surface area contributed by atoms with E-state index in [0.717, 1.165) is 12.1 Å². The Labute approximate surface area is 92.1 Å². The van der Waals surface area contributed by atoms with Gasteiger partial charge in [-0.2, -0.15) is 0 Å². The molecule has 0 saturated heterocycles. The molecule has 0 aliphatic heterocycles. The van der Waals surface area contributed by atoms with E-state index < -0.39 is 23.1 Å². The third kappa shape index (κ3) is 2.19. The average Bonchev–Trinajstić information content (AvgIpc) is 2.17. The second-order valence-corrected chi connectivity index (χ2v) is 3.58. The molecule has 0 radical (unpaired) electrons. The molecule has 0 heterocycles. The Morgan fingerprint density at radius 1 is 1.50 bits per heavy atom. The Bertz CT molecular complexity index is 409. The van der Waals surface area contributed by atoms with E-state index >= 15 is 0 Å². The van der Waals surface area contributed by atoms with E-state index in [9.17, 15) is 13.6 Å². The lowest BCUT2D eigenvalue weighted by atomic mass is 9.91. The highest BCUT2D eigenvalue weighted by atomic mass is 19.1. The molecule has 0 aromatic heterocycles. The van der Waals surface area contributed by atoms with E-state index in [1.165, 1.54) is 6.92 Å². The fourth-order valence-electron chi connectivity index (χ4n) is 1.53. The molecule has 16 heavy (non-hydrogen) atoms. The first kappa shape index (κ1) is 12.6. The minimum absolute atomic E-state index is 0.0803. The average molecular weight is 229 g/mol. The van der Waals surface area contributed by atoms with Crippen molar-refractivity contribution in [3.8, 4) is 0 Å². The number of aliphatic carboxylic acids is 1. The number of likely N-dealkylation sites (N-methyl/N-ethyl adjacent to an activating group) is 1. The van der Waals surface area contributed by atoms with Crippen molar-refractivity contribution in [2.75, 3.05) is 6.54 Å². The van der Waals surface area contributed by atoms with Crippen molar-refractivity contribution < 1.29 is 18.7 Å². The summed E-state index contributed by atoms with van der Waals surface area (Å²) in [5.74, 6) is -2.81. The summed E-state index contributed by atoms with van der Waals surface area (Å²) in [6.45, 7) is 3.41. The number of hydrogen-bond acceptors (Lipinski definition) is 2. The SMILES string of the molecule is CCNC(C)(C(=O)O)c1ccc(F)cc1F. The molecule has 2 N–H and O–H groups in total. The molecule has 0 spiro atoms. The largest absolute Gasteiger partial charge is 0.480 e. The van der Waals surface area contributed by atoms with Crippen LogP contribution in [0.25, 0.3) is 0 Å². The predicted octanol–water partition coefficient (Wildman–Crippen LogP) is 1.87. The molecule has 0 aliphatic rings.